The van der Waals surface area contributed by atoms with Crippen molar-refractivity contribution >= 4 is 72.7 Å². The van der Waals surface area contributed by atoms with Crippen LogP contribution in [0.2, 0.25) is 118 Å². The molecule has 0 saturated carbocycles. The van der Waals surface area contributed by atoms with Gasteiger partial charge in [0.2, 0.25) is 0 Å². The van der Waals surface area contributed by atoms with Gasteiger partial charge in [-0.25, -0.2) is 0 Å². The molecule has 0 aromatic carbocycles. The molecule has 0 atom stereocenters. The average molecular weight is 732 g/mol. The topological polar surface area (TPSA) is 110 Å². The quantitative estimate of drug-likeness (QED) is 0.0998. The predicted octanol–water partition coefficient (Wildman–Crippen LogP) is 9.85. The van der Waals surface area contributed by atoms with Crippen LogP contribution in [-0.2, 0) is 39.0 Å². The Morgan fingerprint density at radius 2 is 0.475 bits per heavy atom. The molecule has 0 unspecified atom stereocenters. The van der Waals surface area contributed by atoms with Crippen LogP contribution in [0.15, 0.2) is 0 Å². The highest BCUT2D eigenvalue weighted by Gasteiger charge is 2.46. The Kier molecular flexibility index (Phi) is 14.6. The highest BCUT2D eigenvalue weighted by atomic mass is 31.2. The molecule has 0 heterocycles. The van der Waals surface area contributed by atoms with E-state index < -0.39 is 72.7 Å². The molecule has 0 aliphatic heterocycles. The van der Waals surface area contributed by atoms with Crippen LogP contribution in [0.5, 0.6) is 0 Å². The van der Waals surface area contributed by atoms with Crippen LogP contribution in [0.1, 0.15) is 0 Å². The maximum atomic E-state index is 14.4. The molecular formula is C21H60NO9P3Si6. The summed E-state index contributed by atoms with van der Waals surface area (Å²) in [6.45, 7) is 35.0. The van der Waals surface area contributed by atoms with Gasteiger partial charge in [0.15, 0.2) is 49.9 Å². The van der Waals surface area contributed by atoms with Crippen molar-refractivity contribution in [2.75, 3.05) is 18.9 Å². The molecule has 0 aliphatic carbocycles. The lowest BCUT2D eigenvalue weighted by Gasteiger charge is -2.39. The van der Waals surface area contributed by atoms with Crippen LogP contribution >= 0.6 is 22.8 Å². The molecule has 0 aliphatic rings. The van der Waals surface area contributed by atoms with Crippen molar-refractivity contribution in [2.45, 2.75) is 118 Å². The minimum absolute atomic E-state index is 0.232. The second-order valence-corrected chi connectivity index (χ2v) is 50.4. The summed E-state index contributed by atoms with van der Waals surface area (Å²) >= 11 is 0. The van der Waals surface area contributed by atoms with Gasteiger partial charge >= 0.3 is 22.8 Å². The molecule has 0 radical (unpaired) electrons. The molecule has 0 spiro atoms. The van der Waals surface area contributed by atoms with E-state index in [0.29, 0.717) is 0 Å². The molecule has 0 fully saturated rings. The molecule has 0 amide bonds. The summed E-state index contributed by atoms with van der Waals surface area (Å²) in [6.07, 6.45) is -0.697. The fraction of sp³-hybridized carbons (Fsp3) is 1.00. The van der Waals surface area contributed by atoms with Gasteiger partial charge in [0, 0.05) is 0 Å². The first-order valence-electron chi connectivity index (χ1n) is 13.8. The molecular weight excluding hydrogens is 672 g/mol. The molecule has 0 N–H and O–H groups in total. The van der Waals surface area contributed by atoms with Crippen molar-refractivity contribution in [2.24, 2.45) is 0 Å². The lowest BCUT2D eigenvalue weighted by molar-refractivity contribution is 0.289. The largest absolute Gasteiger partial charge is 0.351 e. The standard InChI is InChI=1S/C21H60NO9P3Si6/c1-35(2,3)26-32(23,27-36(4,5)6)19-22(20-33(24,28-37(7,8)9)29-38(10,11)12)21-34(25,30-39(13,14)15)31-40(16,17)18/h19-21H2,1-18H3. The third-order valence-electron chi connectivity index (χ3n) is 3.60. The second kappa shape index (κ2) is 14.0. The first-order valence-corrected chi connectivity index (χ1v) is 39.4. The van der Waals surface area contributed by atoms with Crippen molar-refractivity contribution in [3.05, 3.63) is 0 Å². The van der Waals surface area contributed by atoms with Crippen LogP contribution in [0.4, 0.5) is 0 Å². The van der Waals surface area contributed by atoms with Crippen LogP contribution in [0.3, 0.4) is 0 Å². The number of nitrogens with zero attached hydrogens (tertiary/aromatic N) is 1. The molecule has 10 nitrogen and oxygen atoms in total. The third-order valence-corrected chi connectivity index (χ3v) is 25.7. The van der Waals surface area contributed by atoms with E-state index in [4.69, 9.17) is 25.3 Å². The van der Waals surface area contributed by atoms with Crippen LogP contribution in [-0.4, -0.2) is 73.7 Å². The number of hydrogen-bond acceptors (Lipinski definition) is 10. The highest BCUT2D eigenvalue weighted by molar-refractivity contribution is 7.59. The molecule has 0 aromatic heterocycles. The van der Waals surface area contributed by atoms with E-state index in [9.17, 15) is 13.7 Å². The van der Waals surface area contributed by atoms with Crippen LogP contribution < -0.4 is 0 Å². The first-order chi connectivity index (χ1) is 17.0. The summed E-state index contributed by atoms with van der Waals surface area (Å²) in [5.74, 6) is 0. The van der Waals surface area contributed by atoms with E-state index in [-0.39, 0.29) is 18.9 Å². The summed E-state index contributed by atoms with van der Waals surface area (Å²) < 4.78 is 80.7. The monoisotopic (exact) mass is 731 g/mol. The van der Waals surface area contributed by atoms with Gasteiger partial charge < -0.3 is 25.3 Å². The Balaban J connectivity index is 7.03. The third kappa shape index (κ3) is 21.4. The van der Waals surface area contributed by atoms with Gasteiger partial charge in [0.25, 0.3) is 0 Å². The Morgan fingerprint density at radius 3 is 0.575 bits per heavy atom. The maximum absolute atomic E-state index is 14.4. The van der Waals surface area contributed by atoms with E-state index in [1.807, 2.05) is 118 Å². The molecule has 0 aromatic rings. The van der Waals surface area contributed by atoms with Crippen molar-refractivity contribution in [1.82, 2.24) is 4.90 Å². The van der Waals surface area contributed by atoms with Crippen molar-refractivity contribution in [1.29, 1.82) is 0 Å². The smallest absolute Gasteiger partial charge is 0.325 e. The fourth-order valence-electron chi connectivity index (χ4n) is 3.60. The molecule has 242 valence electrons. The predicted molar refractivity (Wildman–Crippen MR) is 186 cm³/mol. The summed E-state index contributed by atoms with van der Waals surface area (Å²) in [6, 6.07) is 0. The van der Waals surface area contributed by atoms with Gasteiger partial charge in [-0.05, 0) is 118 Å². The van der Waals surface area contributed by atoms with E-state index in [2.05, 4.69) is 0 Å². The van der Waals surface area contributed by atoms with Crippen LogP contribution in [0.25, 0.3) is 0 Å². The Labute approximate surface area is 252 Å². The first kappa shape index (κ1) is 41.7. The summed E-state index contributed by atoms with van der Waals surface area (Å²) in [7, 11) is -25.4. The van der Waals surface area contributed by atoms with Crippen molar-refractivity contribution in [3.8, 4) is 0 Å². The van der Waals surface area contributed by atoms with Gasteiger partial charge in [-0.2, -0.15) is 0 Å². The van der Waals surface area contributed by atoms with E-state index in [1.165, 1.54) is 0 Å². The zero-order valence-corrected chi connectivity index (χ0v) is 37.3. The average Bonchev–Trinajstić information content (AvgIpc) is 2.39. The summed E-state index contributed by atoms with van der Waals surface area (Å²) in [5, 5.41) is 0. The number of hydrogen-bond donors (Lipinski definition) is 0. The summed E-state index contributed by atoms with van der Waals surface area (Å²) in [5.41, 5.74) is 0. The second-order valence-electron chi connectivity index (χ2n) is 16.1. The van der Waals surface area contributed by atoms with Crippen molar-refractivity contribution < 1.29 is 39.0 Å². The van der Waals surface area contributed by atoms with Crippen LogP contribution in [0, 0.1) is 0 Å². The Morgan fingerprint density at radius 1 is 0.350 bits per heavy atom. The van der Waals surface area contributed by atoms with E-state index >= 15 is 0 Å². The molecule has 0 rings (SSSR count). The lowest BCUT2D eigenvalue weighted by Crippen LogP contribution is -2.39. The Hall–Kier alpha value is 1.71. The SMILES string of the molecule is C[Si](C)(C)OP(=O)(CN(CP(=O)(O[Si](C)(C)C)O[Si](C)(C)C)CP(=O)(O[Si](C)(C)C)O[Si](C)(C)C)O[Si](C)(C)C. The maximum Gasteiger partial charge on any atom is 0.325 e. The lowest BCUT2D eigenvalue weighted by atomic mass is 11.0. The van der Waals surface area contributed by atoms with Crippen molar-refractivity contribution in [3.63, 3.8) is 0 Å². The van der Waals surface area contributed by atoms with Gasteiger partial charge in [0.05, 0.1) is 0 Å². The molecule has 0 bridgehead atoms. The minimum Gasteiger partial charge on any atom is -0.351 e. The fourth-order valence-corrected chi connectivity index (χ4v) is 29.0. The molecule has 0 saturated heterocycles. The number of rotatable bonds is 18. The van der Waals surface area contributed by atoms with E-state index in [0.717, 1.165) is 0 Å². The Bertz CT molecular complexity index is 794. The summed E-state index contributed by atoms with van der Waals surface area (Å²) in [4.78, 5) is 1.59. The zero-order chi connectivity index (χ0) is 32.4. The van der Waals surface area contributed by atoms with Gasteiger partial charge in [0.1, 0.15) is 18.9 Å². The zero-order valence-electron chi connectivity index (χ0n) is 28.6. The molecule has 19 heteroatoms. The van der Waals surface area contributed by atoms with Gasteiger partial charge in [-0.1, -0.05) is 0 Å². The molecule has 40 heavy (non-hydrogen) atoms. The minimum atomic E-state index is -3.77. The highest BCUT2D eigenvalue weighted by Crippen LogP contribution is 2.61. The normalized spacial score (nSPS) is 15.7. The van der Waals surface area contributed by atoms with E-state index in [1.54, 1.807) is 4.90 Å². The van der Waals surface area contributed by atoms with Gasteiger partial charge in [-0.3, -0.25) is 18.6 Å². The van der Waals surface area contributed by atoms with Gasteiger partial charge in [-0.15, -0.1) is 0 Å².